The Balaban J connectivity index is 1.32. The predicted molar refractivity (Wildman–Crippen MR) is 137 cm³/mol. The lowest BCUT2D eigenvalue weighted by atomic mass is 9.74. The molecule has 2 amide bonds. The van der Waals surface area contributed by atoms with Crippen LogP contribution in [0.4, 0.5) is 14.9 Å². The molecule has 0 radical (unpaired) electrons. The maximum absolute atomic E-state index is 13.6. The number of aliphatic hydroxyl groups excluding tert-OH is 1. The number of aliphatic hydroxyl groups is 1. The Morgan fingerprint density at radius 3 is 2.61 bits per heavy atom. The molecule has 0 saturated carbocycles. The van der Waals surface area contributed by atoms with E-state index in [0.717, 1.165) is 36.1 Å². The fourth-order valence-corrected chi connectivity index (χ4v) is 5.26. The summed E-state index contributed by atoms with van der Waals surface area (Å²) in [4.78, 5) is 21.3. The smallest absolute Gasteiger partial charge is 0.321 e. The molecule has 2 N–H and O–H groups in total. The predicted octanol–water partition coefficient (Wildman–Crippen LogP) is 4.08. The van der Waals surface area contributed by atoms with Gasteiger partial charge in [-0.25, -0.2) is 9.18 Å². The van der Waals surface area contributed by atoms with Crippen LogP contribution in [0.2, 0.25) is 0 Å². The SMILES string of the molecule is O=C(Nc1cccc(F)c1)N1CCCCN2[C@@H](CO)C(c3ccc(C#Cc4cccnc4)cc3)[C@@H]2C1. The number of carbonyl (C=O) groups is 1. The zero-order chi connectivity index (χ0) is 24.9. The first-order chi connectivity index (χ1) is 17.6. The Kier molecular flexibility index (Phi) is 7.26. The molecule has 36 heavy (non-hydrogen) atoms. The summed E-state index contributed by atoms with van der Waals surface area (Å²) in [6.45, 7) is 2.16. The number of halogens is 1. The second-order valence-corrected chi connectivity index (χ2v) is 9.29. The highest BCUT2D eigenvalue weighted by Gasteiger charge is 2.49. The normalized spacial score (nSPS) is 21.7. The van der Waals surface area contributed by atoms with Crippen LogP contribution in [0.15, 0.2) is 73.1 Å². The van der Waals surface area contributed by atoms with Crippen molar-refractivity contribution >= 4 is 11.7 Å². The van der Waals surface area contributed by atoms with Gasteiger partial charge in [0, 0.05) is 60.3 Å². The third kappa shape index (κ3) is 5.25. The summed E-state index contributed by atoms with van der Waals surface area (Å²) in [6, 6.07) is 17.8. The van der Waals surface area contributed by atoms with Gasteiger partial charge in [-0.2, -0.15) is 0 Å². The molecule has 0 aliphatic carbocycles. The van der Waals surface area contributed by atoms with Gasteiger partial charge in [0.15, 0.2) is 0 Å². The van der Waals surface area contributed by atoms with E-state index in [0.29, 0.717) is 18.8 Å². The first-order valence-corrected chi connectivity index (χ1v) is 12.3. The molecule has 2 fully saturated rings. The molecule has 2 aliphatic rings. The summed E-state index contributed by atoms with van der Waals surface area (Å²) in [5.74, 6) is 6.02. The average Bonchev–Trinajstić information content (AvgIpc) is 2.88. The molecular formula is C29H29FN4O2. The van der Waals surface area contributed by atoms with E-state index in [1.165, 1.54) is 12.1 Å². The van der Waals surface area contributed by atoms with Gasteiger partial charge in [0.2, 0.25) is 0 Å². The molecule has 1 unspecified atom stereocenters. The van der Waals surface area contributed by atoms with Crippen LogP contribution in [0, 0.1) is 17.7 Å². The minimum absolute atomic E-state index is 0.0218. The van der Waals surface area contributed by atoms with Crippen LogP contribution < -0.4 is 5.32 Å². The van der Waals surface area contributed by atoms with Gasteiger partial charge in [-0.15, -0.1) is 0 Å². The van der Waals surface area contributed by atoms with Crippen molar-refractivity contribution in [1.29, 1.82) is 0 Å². The number of urea groups is 1. The first kappa shape index (κ1) is 24.0. The number of rotatable bonds is 3. The number of hydrogen-bond acceptors (Lipinski definition) is 4. The second-order valence-electron chi connectivity index (χ2n) is 9.29. The first-order valence-electron chi connectivity index (χ1n) is 12.3. The van der Waals surface area contributed by atoms with Crippen LogP contribution in [-0.2, 0) is 0 Å². The Bertz CT molecular complexity index is 1260. The number of hydrogen-bond donors (Lipinski definition) is 2. The minimum atomic E-state index is -0.384. The quantitative estimate of drug-likeness (QED) is 0.550. The molecule has 3 atom stereocenters. The molecule has 2 aliphatic heterocycles. The zero-order valence-corrected chi connectivity index (χ0v) is 20.0. The van der Waals surface area contributed by atoms with Crippen LogP contribution in [-0.4, -0.2) is 64.2 Å². The van der Waals surface area contributed by atoms with E-state index >= 15 is 0 Å². The minimum Gasteiger partial charge on any atom is -0.395 e. The molecule has 3 aromatic rings. The number of amides is 2. The Hall–Kier alpha value is -3.73. The third-order valence-electron chi connectivity index (χ3n) is 7.04. The van der Waals surface area contributed by atoms with Crippen molar-refractivity contribution in [2.75, 3.05) is 31.6 Å². The van der Waals surface area contributed by atoms with Gasteiger partial charge in [-0.3, -0.25) is 9.88 Å². The largest absolute Gasteiger partial charge is 0.395 e. The van der Waals surface area contributed by atoms with Crippen LogP contribution in [0.1, 0.15) is 35.4 Å². The van der Waals surface area contributed by atoms with E-state index in [9.17, 15) is 14.3 Å². The van der Waals surface area contributed by atoms with Gasteiger partial charge < -0.3 is 15.3 Å². The van der Waals surface area contributed by atoms with E-state index in [1.807, 2.05) is 29.2 Å². The third-order valence-corrected chi connectivity index (χ3v) is 7.04. The van der Waals surface area contributed by atoms with Gasteiger partial charge in [0.25, 0.3) is 0 Å². The van der Waals surface area contributed by atoms with Crippen molar-refractivity contribution in [2.24, 2.45) is 0 Å². The highest BCUT2D eigenvalue weighted by molar-refractivity contribution is 5.89. The molecule has 0 bridgehead atoms. The molecule has 2 saturated heterocycles. The maximum atomic E-state index is 13.6. The van der Waals surface area contributed by atoms with Crippen LogP contribution >= 0.6 is 0 Å². The van der Waals surface area contributed by atoms with Crippen molar-refractivity contribution in [3.05, 3.63) is 95.6 Å². The van der Waals surface area contributed by atoms with E-state index < -0.39 is 0 Å². The van der Waals surface area contributed by atoms with Crippen LogP contribution in [0.3, 0.4) is 0 Å². The standard InChI is InChI=1S/C29H29FN4O2/c30-24-6-3-7-25(17-24)32-29(36)33-15-1-2-16-34-26(19-33)28(27(34)20-35)23-12-10-21(11-13-23)8-9-22-5-4-14-31-18-22/h3-7,10-14,17-18,26-28,35H,1-2,15-16,19-20H2,(H,32,36)/t26-,27-,28?/m0/s1. The summed E-state index contributed by atoms with van der Waals surface area (Å²) in [5.41, 5.74) is 3.35. The Morgan fingerprint density at radius 2 is 1.86 bits per heavy atom. The summed E-state index contributed by atoms with van der Waals surface area (Å²) in [5, 5.41) is 13.0. The molecular weight excluding hydrogens is 455 g/mol. The molecule has 1 aromatic heterocycles. The van der Waals surface area contributed by atoms with E-state index in [1.54, 1.807) is 24.5 Å². The number of nitrogens with zero attached hydrogens (tertiary/aromatic N) is 3. The average molecular weight is 485 g/mol. The van der Waals surface area contributed by atoms with Gasteiger partial charge >= 0.3 is 6.03 Å². The number of benzene rings is 2. The molecule has 184 valence electrons. The van der Waals surface area contributed by atoms with E-state index in [4.69, 9.17) is 0 Å². The summed E-state index contributed by atoms with van der Waals surface area (Å²) in [7, 11) is 0. The molecule has 7 heteroatoms. The van der Waals surface area contributed by atoms with Crippen molar-refractivity contribution in [3.63, 3.8) is 0 Å². The molecule has 6 nitrogen and oxygen atoms in total. The Labute approximate surface area is 210 Å². The van der Waals surface area contributed by atoms with Gasteiger partial charge in [0.05, 0.1) is 6.61 Å². The molecule has 0 spiro atoms. The number of fused-ring (bicyclic) bond motifs is 1. The van der Waals surface area contributed by atoms with Crippen LogP contribution in [0.25, 0.3) is 0 Å². The fourth-order valence-electron chi connectivity index (χ4n) is 5.26. The maximum Gasteiger partial charge on any atom is 0.321 e. The molecule has 2 aromatic carbocycles. The van der Waals surface area contributed by atoms with Gasteiger partial charge in [0.1, 0.15) is 5.82 Å². The van der Waals surface area contributed by atoms with Gasteiger partial charge in [-0.1, -0.05) is 30.0 Å². The highest BCUT2D eigenvalue weighted by atomic mass is 19.1. The molecule has 3 heterocycles. The lowest BCUT2D eigenvalue weighted by Crippen LogP contribution is -2.68. The number of pyridine rings is 1. The van der Waals surface area contributed by atoms with E-state index in [2.05, 4.69) is 39.2 Å². The lowest BCUT2D eigenvalue weighted by Gasteiger charge is -2.57. The van der Waals surface area contributed by atoms with Crippen molar-refractivity contribution in [1.82, 2.24) is 14.8 Å². The molecule has 5 rings (SSSR count). The summed E-state index contributed by atoms with van der Waals surface area (Å²) < 4.78 is 13.6. The fraction of sp³-hybridized carbons (Fsp3) is 0.310. The van der Waals surface area contributed by atoms with E-state index in [-0.39, 0.29) is 36.5 Å². The second kappa shape index (κ2) is 10.9. The topological polar surface area (TPSA) is 68.7 Å². The highest BCUT2D eigenvalue weighted by Crippen LogP contribution is 2.42. The van der Waals surface area contributed by atoms with Crippen molar-refractivity contribution in [2.45, 2.75) is 30.8 Å². The van der Waals surface area contributed by atoms with Crippen LogP contribution in [0.5, 0.6) is 0 Å². The van der Waals surface area contributed by atoms with Crippen molar-refractivity contribution in [3.8, 4) is 11.8 Å². The van der Waals surface area contributed by atoms with Gasteiger partial charge in [-0.05, 0) is 67.4 Å². The lowest BCUT2D eigenvalue weighted by molar-refractivity contribution is -0.0585. The number of nitrogens with one attached hydrogen (secondary N) is 1. The monoisotopic (exact) mass is 484 g/mol. The number of aromatic nitrogens is 1. The number of anilines is 1. The van der Waals surface area contributed by atoms with Crippen molar-refractivity contribution < 1.29 is 14.3 Å². The Morgan fingerprint density at radius 1 is 1.06 bits per heavy atom. The summed E-state index contributed by atoms with van der Waals surface area (Å²) >= 11 is 0. The summed E-state index contributed by atoms with van der Waals surface area (Å²) in [6.07, 6.45) is 5.29. The zero-order valence-electron chi connectivity index (χ0n) is 20.0. The number of carbonyl (C=O) groups excluding carboxylic acids is 1.